The molecule has 5 nitrogen and oxygen atoms in total. The first-order chi connectivity index (χ1) is 5.27. The van der Waals surface area contributed by atoms with Crippen molar-refractivity contribution in [2.75, 3.05) is 0 Å². The molecular weight excluding hydrogens is 148 g/mol. The third-order valence-electron chi connectivity index (χ3n) is 1.35. The van der Waals surface area contributed by atoms with E-state index in [4.69, 9.17) is 9.52 Å². The first-order valence-electron chi connectivity index (χ1n) is 2.93. The summed E-state index contributed by atoms with van der Waals surface area (Å²) in [5.41, 5.74) is 1.01. The van der Waals surface area contributed by atoms with Crippen LogP contribution in [0.4, 0.5) is 0 Å². The SMILES string of the molecule is O=C(O)c1cc2ocnc2[nH]1. The maximum absolute atomic E-state index is 10.4. The van der Waals surface area contributed by atoms with Crippen molar-refractivity contribution in [2.24, 2.45) is 0 Å². The number of nitrogens with one attached hydrogen (secondary N) is 1. The number of aromatic amines is 1. The summed E-state index contributed by atoms with van der Waals surface area (Å²) in [5.74, 6) is -1.02. The van der Waals surface area contributed by atoms with Gasteiger partial charge in [0.05, 0.1) is 0 Å². The summed E-state index contributed by atoms with van der Waals surface area (Å²) in [4.78, 5) is 16.7. The van der Waals surface area contributed by atoms with E-state index in [9.17, 15) is 4.79 Å². The maximum atomic E-state index is 10.4. The fourth-order valence-electron chi connectivity index (χ4n) is 0.861. The zero-order valence-corrected chi connectivity index (χ0v) is 5.37. The summed E-state index contributed by atoms with van der Waals surface area (Å²) < 4.78 is 4.84. The van der Waals surface area contributed by atoms with Crippen LogP contribution in [0.25, 0.3) is 11.2 Å². The molecule has 0 aliphatic carbocycles. The van der Waals surface area contributed by atoms with Crippen LogP contribution in [-0.4, -0.2) is 21.0 Å². The molecule has 56 valence electrons. The molecule has 0 aliphatic heterocycles. The zero-order chi connectivity index (χ0) is 7.84. The van der Waals surface area contributed by atoms with Crippen LogP contribution >= 0.6 is 0 Å². The van der Waals surface area contributed by atoms with Crippen molar-refractivity contribution < 1.29 is 14.3 Å². The molecule has 0 unspecified atom stereocenters. The first kappa shape index (κ1) is 5.96. The molecule has 0 saturated carbocycles. The fourth-order valence-corrected chi connectivity index (χ4v) is 0.861. The van der Waals surface area contributed by atoms with Crippen LogP contribution < -0.4 is 0 Å². The Morgan fingerprint density at radius 3 is 3.18 bits per heavy atom. The second kappa shape index (κ2) is 1.85. The summed E-state index contributed by atoms with van der Waals surface area (Å²) in [6, 6.07) is 1.39. The molecule has 0 saturated heterocycles. The number of rotatable bonds is 1. The van der Waals surface area contributed by atoms with Crippen LogP contribution in [-0.2, 0) is 0 Å². The Kier molecular flexibility index (Phi) is 1.00. The van der Waals surface area contributed by atoms with Gasteiger partial charge in [-0.1, -0.05) is 0 Å². The lowest BCUT2D eigenvalue weighted by Gasteiger charge is -1.81. The van der Waals surface area contributed by atoms with Gasteiger partial charge in [0, 0.05) is 6.07 Å². The van der Waals surface area contributed by atoms with E-state index in [1.165, 1.54) is 12.5 Å². The van der Waals surface area contributed by atoms with E-state index in [2.05, 4.69) is 9.97 Å². The molecule has 0 radical (unpaired) electrons. The van der Waals surface area contributed by atoms with E-state index in [1.54, 1.807) is 0 Å². The summed E-state index contributed by atoms with van der Waals surface area (Å²) in [6.45, 7) is 0. The van der Waals surface area contributed by atoms with E-state index in [1.807, 2.05) is 0 Å². The van der Waals surface area contributed by atoms with Crippen LogP contribution in [0.2, 0.25) is 0 Å². The Morgan fingerprint density at radius 1 is 1.73 bits per heavy atom. The third-order valence-corrected chi connectivity index (χ3v) is 1.35. The summed E-state index contributed by atoms with van der Waals surface area (Å²) >= 11 is 0. The lowest BCUT2D eigenvalue weighted by Crippen LogP contribution is -1.95. The molecule has 0 aliphatic rings. The molecule has 0 fully saturated rings. The lowest BCUT2D eigenvalue weighted by molar-refractivity contribution is 0.0691. The minimum Gasteiger partial charge on any atom is -0.477 e. The Hall–Kier alpha value is -1.78. The van der Waals surface area contributed by atoms with Gasteiger partial charge in [0.2, 0.25) is 0 Å². The van der Waals surface area contributed by atoms with Crippen molar-refractivity contribution in [3.05, 3.63) is 18.2 Å². The smallest absolute Gasteiger partial charge is 0.352 e. The van der Waals surface area contributed by atoms with Gasteiger partial charge < -0.3 is 14.5 Å². The molecule has 2 aromatic heterocycles. The number of nitrogens with zero attached hydrogens (tertiary/aromatic N) is 1. The Labute approximate surface area is 60.7 Å². The second-order valence-corrected chi connectivity index (χ2v) is 2.05. The molecule has 2 aromatic rings. The van der Waals surface area contributed by atoms with Crippen molar-refractivity contribution in [2.45, 2.75) is 0 Å². The van der Waals surface area contributed by atoms with Gasteiger partial charge in [-0.25, -0.2) is 4.79 Å². The highest BCUT2D eigenvalue weighted by atomic mass is 16.4. The largest absolute Gasteiger partial charge is 0.477 e. The average Bonchev–Trinajstić information content (AvgIpc) is 2.40. The number of hydrogen-bond donors (Lipinski definition) is 2. The molecule has 0 spiro atoms. The van der Waals surface area contributed by atoms with E-state index >= 15 is 0 Å². The quantitative estimate of drug-likeness (QED) is 0.634. The highest BCUT2D eigenvalue weighted by molar-refractivity contribution is 5.90. The van der Waals surface area contributed by atoms with Crippen LogP contribution in [0, 0.1) is 0 Å². The summed E-state index contributed by atoms with van der Waals surface area (Å²) in [7, 11) is 0. The number of hydrogen-bond acceptors (Lipinski definition) is 3. The lowest BCUT2D eigenvalue weighted by atomic mass is 10.4. The number of aromatic nitrogens is 2. The normalized spacial score (nSPS) is 10.5. The predicted octanol–water partition coefficient (Wildman–Crippen LogP) is 0.854. The topological polar surface area (TPSA) is 79.1 Å². The van der Waals surface area contributed by atoms with Crippen LogP contribution in [0.1, 0.15) is 10.5 Å². The number of carboxylic acid groups (broad SMARTS) is 1. The maximum Gasteiger partial charge on any atom is 0.352 e. The zero-order valence-electron chi connectivity index (χ0n) is 5.37. The highest BCUT2D eigenvalue weighted by Gasteiger charge is 2.09. The van der Waals surface area contributed by atoms with Gasteiger partial charge in [0.1, 0.15) is 5.69 Å². The number of aromatic carboxylic acids is 1. The van der Waals surface area contributed by atoms with E-state index in [0.717, 1.165) is 0 Å². The molecule has 11 heavy (non-hydrogen) atoms. The number of fused-ring (bicyclic) bond motifs is 1. The molecule has 2 heterocycles. The molecule has 2 rings (SSSR count). The van der Waals surface area contributed by atoms with Gasteiger partial charge in [-0.3, -0.25) is 0 Å². The number of carboxylic acids is 1. The van der Waals surface area contributed by atoms with Gasteiger partial charge in [-0.05, 0) is 0 Å². The van der Waals surface area contributed by atoms with Crippen LogP contribution in [0.5, 0.6) is 0 Å². The summed E-state index contributed by atoms with van der Waals surface area (Å²) in [6.07, 6.45) is 1.26. The van der Waals surface area contributed by atoms with Gasteiger partial charge in [0.25, 0.3) is 0 Å². The predicted molar refractivity (Wildman–Crippen MR) is 35.3 cm³/mol. The highest BCUT2D eigenvalue weighted by Crippen LogP contribution is 2.12. The van der Waals surface area contributed by atoms with Gasteiger partial charge >= 0.3 is 5.97 Å². The van der Waals surface area contributed by atoms with Crippen molar-refractivity contribution in [3.63, 3.8) is 0 Å². The molecule has 5 heteroatoms. The first-order valence-corrected chi connectivity index (χ1v) is 2.93. The standard InChI is InChI=1S/C6H4N2O3/c9-6(10)3-1-4-5(8-3)7-2-11-4/h1-2,8H,(H,9,10). The Morgan fingerprint density at radius 2 is 2.55 bits per heavy atom. The molecule has 0 bridgehead atoms. The number of oxazole rings is 1. The van der Waals surface area contributed by atoms with Crippen LogP contribution in [0.3, 0.4) is 0 Å². The van der Waals surface area contributed by atoms with Gasteiger partial charge in [0.15, 0.2) is 17.6 Å². The Balaban J connectivity index is 2.67. The second-order valence-electron chi connectivity index (χ2n) is 2.05. The Bertz CT molecular complexity index is 372. The molecule has 0 aromatic carbocycles. The number of carbonyl (C=O) groups is 1. The monoisotopic (exact) mass is 152 g/mol. The third kappa shape index (κ3) is 0.778. The molecule has 0 atom stereocenters. The van der Waals surface area contributed by atoms with Crippen molar-refractivity contribution in [1.29, 1.82) is 0 Å². The average molecular weight is 152 g/mol. The van der Waals surface area contributed by atoms with Crippen molar-refractivity contribution in [3.8, 4) is 0 Å². The minimum atomic E-state index is -1.02. The molecule has 2 N–H and O–H groups in total. The van der Waals surface area contributed by atoms with Crippen molar-refractivity contribution >= 4 is 17.2 Å². The van der Waals surface area contributed by atoms with Crippen LogP contribution in [0.15, 0.2) is 16.9 Å². The molecule has 0 amide bonds. The molecular formula is C6H4N2O3. The fraction of sp³-hybridized carbons (Fsp3) is 0. The summed E-state index contributed by atoms with van der Waals surface area (Å²) in [5, 5.41) is 8.50. The van der Waals surface area contributed by atoms with Gasteiger partial charge in [-0.2, -0.15) is 4.98 Å². The van der Waals surface area contributed by atoms with E-state index in [0.29, 0.717) is 11.2 Å². The minimum absolute atomic E-state index is 0.0897. The van der Waals surface area contributed by atoms with E-state index in [-0.39, 0.29) is 5.69 Å². The van der Waals surface area contributed by atoms with Crippen molar-refractivity contribution in [1.82, 2.24) is 9.97 Å². The van der Waals surface area contributed by atoms with E-state index < -0.39 is 5.97 Å². The van der Waals surface area contributed by atoms with Gasteiger partial charge in [-0.15, -0.1) is 0 Å². The number of H-pyrrole nitrogens is 1.